The molecule has 0 fully saturated rings. The Kier molecular flexibility index (Phi) is 5.85. The maximum atomic E-state index is 12.7. The number of aryl methyl sites for hydroxylation is 2. The fraction of sp³-hybridized carbons (Fsp3) is 0.292. The zero-order valence-corrected chi connectivity index (χ0v) is 18.2. The number of ether oxygens (including phenoxy) is 2. The molecule has 2 aromatic carbocycles. The normalized spacial score (nSPS) is 13.2. The minimum atomic E-state index is -1.06. The van der Waals surface area contributed by atoms with E-state index in [-0.39, 0.29) is 18.9 Å². The number of amides is 1. The van der Waals surface area contributed by atoms with E-state index in [4.69, 9.17) is 9.47 Å². The van der Waals surface area contributed by atoms with Crippen LogP contribution in [0.2, 0.25) is 0 Å². The highest BCUT2D eigenvalue weighted by Crippen LogP contribution is 2.44. The van der Waals surface area contributed by atoms with E-state index >= 15 is 0 Å². The van der Waals surface area contributed by atoms with Gasteiger partial charge in [0.15, 0.2) is 0 Å². The van der Waals surface area contributed by atoms with E-state index in [2.05, 4.69) is 22.5 Å². The van der Waals surface area contributed by atoms with Crippen LogP contribution in [-0.4, -0.2) is 40.7 Å². The molecule has 8 nitrogen and oxygen atoms in total. The van der Waals surface area contributed by atoms with E-state index in [1.54, 1.807) is 14.0 Å². The highest BCUT2D eigenvalue weighted by Gasteiger charge is 2.31. The summed E-state index contributed by atoms with van der Waals surface area (Å²) in [5, 5.41) is 16.4. The Balaban J connectivity index is 1.52. The van der Waals surface area contributed by atoms with Crippen molar-refractivity contribution in [3.05, 3.63) is 70.9 Å². The molecule has 32 heavy (non-hydrogen) atoms. The van der Waals surface area contributed by atoms with Crippen LogP contribution in [0.15, 0.2) is 48.5 Å². The smallest absolute Gasteiger partial charge is 0.407 e. The van der Waals surface area contributed by atoms with Crippen molar-refractivity contribution in [3.63, 3.8) is 0 Å². The molecule has 1 heterocycles. The highest BCUT2D eigenvalue weighted by molar-refractivity contribution is 5.79. The Morgan fingerprint density at radius 3 is 2.28 bits per heavy atom. The second kappa shape index (κ2) is 8.74. The van der Waals surface area contributed by atoms with Gasteiger partial charge in [0.1, 0.15) is 6.61 Å². The lowest BCUT2D eigenvalue weighted by atomic mass is 9.98. The third-order valence-electron chi connectivity index (χ3n) is 5.77. The van der Waals surface area contributed by atoms with Gasteiger partial charge in [-0.15, -0.1) is 0 Å². The maximum Gasteiger partial charge on any atom is 0.407 e. The molecule has 0 spiro atoms. The number of aromatic nitrogens is 2. The third-order valence-corrected chi connectivity index (χ3v) is 5.77. The fourth-order valence-corrected chi connectivity index (χ4v) is 4.48. The molecule has 0 saturated carbocycles. The molecule has 1 amide bonds. The second-order valence-electron chi connectivity index (χ2n) is 7.75. The van der Waals surface area contributed by atoms with Crippen LogP contribution in [-0.2, 0) is 16.6 Å². The van der Waals surface area contributed by atoms with Crippen molar-refractivity contribution < 1.29 is 24.2 Å². The average Bonchev–Trinajstić information content (AvgIpc) is 3.24. The number of carboxylic acids is 1. The Labute approximate surface area is 185 Å². The van der Waals surface area contributed by atoms with Crippen molar-refractivity contribution in [2.24, 2.45) is 7.05 Å². The number of fused-ring (bicyclic) bond motifs is 3. The molecule has 1 aliphatic carbocycles. The topological polar surface area (TPSA) is 103 Å². The summed E-state index contributed by atoms with van der Waals surface area (Å²) in [5.41, 5.74) is 5.58. The minimum absolute atomic E-state index is 0.0827. The molecule has 0 saturated heterocycles. The second-order valence-corrected chi connectivity index (χ2v) is 7.75. The van der Waals surface area contributed by atoms with Crippen LogP contribution in [0.4, 0.5) is 4.79 Å². The molecule has 0 aliphatic heterocycles. The van der Waals surface area contributed by atoms with Crippen LogP contribution in [0.1, 0.15) is 40.8 Å². The molecule has 0 unspecified atom stereocenters. The first-order chi connectivity index (χ1) is 15.4. The highest BCUT2D eigenvalue weighted by atomic mass is 16.5. The lowest BCUT2D eigenvalue weighted by Gasteiger charge is -2.19. The molecule has 4 rings (SSSR count). The zero-order chi connectivity index (χ0) is 22.8. The number of alkyl carbamates (subject to hydrolysis) is 1. The molecule has 2 N–H and O–H groups in total. The molecule has 0 radical (unpaired) electrons. The molecule has 166 valence electrons. The zero-order valence-electron chi connectivity index (χ0n) is 18.2. The van der Waals surface area contributed by atoms with Gasteiger partial charge in [0, 0.05) is 13.0 Å². The maximum absolute atomic E-state index is 12.7. The molecular formula is C24H25N3O5. The number of nitrogens with zero attached hydrogens (tertiary/aromatic N) is 2. The van der Waals surface area contributed by atoms with E-state index in [1.807, 2.05) is 36.4 Å². The molecule has 1 aromatic heterocycles. The van der Waals surface area contributed by atoms with Gasteiger partial charge in [0.25, 0.3) is 0 Å². The van der Waals surface area contributed by atoms with Gasteiger partial charge in [0.2, 0.25) is 5.88 Å². The number of benzene rings is 2. The first kappa shape index (κ1) is 21.4. The Morgan fingerprint density at radius 1 is 1.12 bits per heavy atom. The molecule has 8 heteroatoms. The van der Waals surface area contributed by atoms with E-state index < -0.39 is 18.1 Å². The number of aliphatic carboxylic acids is 1. The Morgan fingerprint density at radius 2 is 1.72 bits per heavy atom. The van der Waals surface area contributed by atoms with E-state index in [0.29, 0.717) is 17.1 Å². The van der Waals surface area contributed by atoms with Crippen LogP contribution >= 0.6 is 0 Å². The molecule has 3 aromatic rings. The molecule has 0 bridgehead atoms. The van der Waals surface area contributed by atoms with Crippen LogP contribution in [0.3, 0.4) is 0 Å². The SMILES string of the molecule is COc1c([C@@H](CC(=O)O)NC(=O)OCC2c3ccccc3-c3ccccc32)c(C)nn1C. The van der Waals surface area contributed by atoms with Gasteiger partial charge in [-0.05, 0) is 29.2 Å². The Hall–Kier alpha value is -3.81. The predicted octanol–water partition coefficient (Wildman–Crippen LogP) is 3.79. The number of carboxylic acid groups (broad SMARTS) is 1. The quantitative estimate of drug-likeness (QED) is 0.585. The summed E-state index contributed by atoms with van der Waals surface area (Å²) in [6.45, 7) is 1.88. The number of hydrogen-bond acceptors (Lipinski definition) is 5. The van der Waals surface area contributed by atoms with E-state index in [1.165, 1.54) is 11.8 Å². The number of carbonyl (C=O) groups excluding carboxylic acids is 1. The number of carbonyl (C=O) groups is 2. The Bertz CT molecular complexity index is 1120. The van der Waals surface area contributed by atoms with Crippen molar-refractivity contribution >= 4 is 12.1 Å². The first-order valence-electron chi connectivity index (χ1n) is 10.3. The van der Waals surface area contributed by atoms with Gasteiger partial charge in [-0.25, -0.2) is 9.48 Å². The van der Waals surface area contributed by atoms with Crippen LogP contribution in [0.5, 0.6) is 5.88 Å². The minimum Gasteiger partial charge on any atom is -0.481 e. The predicted molar refractivity (Wildman–Crippen MR) is 118 cm³/mol. The lowest BCUT2D eigenvalue weighted by molar-refractivity contribution is -0.137. The molecule has 1 aliphatic rings. The van der Waals surface area contributed by atoms with Crippen LogP contribution < -0.4 is 10.1 Å². The summed E-state index contributed by atoms with van der Waals surface area (Å²) in [5.74, 6) is -0.743. The summed E-state index contributed by atoms with van der Waals surface area (Å²) < 4.78 is 12.5. The fourth-order valence-electron chi connectivity index (χ4n) is 4.48. The number of rotatable bonds is 7. The van der Waals surface area contributed by atoms with Crippen LogP contribution in [0.25, 0.3) is 11.1 Å². The standard InChI is InChI=1S/C24H25N3O5/c1-14-22(23(31-3)27(2)26-14)20(12-21(28)29)25-24(30)32-13-19-17-10-6-4-8-15(17)16-9-5-7-11-18(16)19/h4-11,19-20H,12-13H2,1-3H3,(H,25,30)(H,28,29)/t20-/m1/s1. The van der Waals surface area contributed by atoms with Crippen molar-refractivity contribution in [1.82, 2.24) is 15.1 Å². The van der Waals surface area contributed by atoms with E-state index in [9.17, 15) is 14.7 Å². The van der Waals surface area contributed by atoms with Crippen LogP contribution in [0, 0.1) is 6.92 Å². The van der Waals surface area contributed by atoms with Gasteiger partial charge in [0.05, 0.1) is 30.8 Å². The average molecular weight is 435 g/mol. The number of hydrogen-bond donors (Lipinski definition) is 2. The van der Waals surface area contributed by atoms with Gasteiger partial charge >= 0.3 is 12.1 Å². The summed E-state index contributed by atoms with van der Waals surface area (Å²) >= 11 is 0. The first-order valence-corrected chi connectivity index (χ1v) is 10.3. The number of methoxy groups -OCH3 is 1. The molecule has 1 atom stereocenters. The van der Waals surface area contributed by atoms with Gasteiger partial charge < -0.3 is 19.9 Å². The van der Waals surface area contributed by atoms with E-state index in [0.717, 1.165) is 22.3 Å². The summed E-state index contributed by atoms with van der Waals surface area (Å²) in [4.78, 5) is 24.2. The lowest BCUT2D eigenvalue weighted by Crippen LogP contribution is -2.32. The largest absolute Gasteiger partial charge is 0.481 e. The van der Waals surface area contributed by atoms with Crippen molar-refractivity contribution in [2.45, 2.75) is 25.3 Å². The summed E-state index contributed by atoms with van der Waals surface area (Å²) in [6.07, 6.45) is -1.02. The summed E-state index contributed by atoms with van der Waals surface area (Å²) in [6, 6.07) is 15.3. The summed E-state index contributed by atoms with van der Waals surface area (Å²) in [7, 11) is 3.17. The van der Waals surface area contributed by atoms with Gasteiger partial charge in [-0.1, -0.05) is 48.5 Å². The van der Waals surface area contributed by atoms with Gasteiger partial charge in [-0.2, -0.15) is 5.10 Å². The molecular weight excluding hydrogens is 410 g/mol. The van der Waals surface area contributed by atoms with Crippen molar-refractivity contribution in [1.29, 1.82) is 0 Å². The monoisotopic (exact) mass is 435 g/mol. The third kappa shape index (κ3) is 3.91. The number of nitrogens with one attached hydrogen (secondary N) is 1. The van der Waals surface area contributed by atoms with Crippen molar-refractivity contribution in [3.8, 4) is 17.0 Å². The van der Waals surface area contributed by atoms with Gasteiger partial charge in [-0.3, -0.25) is 4.79 Å². The van der Waals surface area contributed by atoms with Crippen molar-refractivity contribution in [2.75, 3.05) is 13.7 Å².